The van der Waals surface area contributed by atoms with E-state index in [9.17, 15) is 19.5 Å². The average molecular weight is 461 g/mol. The molecule has 1 amide bonds. The molecule has 4 aromatic rings. The quantitative estimate of drug-likeness (QED) is 0.245. The van der Waals surface area contributed by atoms with Crippen molar-refractivity contribution in [2.45, 2.75) is 32.9 Å². The predicted octanol–water partition coefficient (Wildman–Crippen LogP) is 4.57. The summed E-state index contributed by atoms with van der Waals surface area (Å²) in [7, 11) is 0. The van der Waals surface area contributed by atoms with Crippen molar-refractivity contribution >= 4 is 34.0 Å². The SMILES string of the molecule is CC[C@@H](NC(=O)OCc1ccccc1)C(=O)Oc1cc(O)c2c(=O)c3cccc(C)c3oc2c1. The van der Waals surface area contributed by atoms with Crippen LogP contribution in [-0.2, 0) is 16.1 Å². The summed E-state index contributed by atoms with van der Waals surface area (Å²) in [6.07, 6.45) is -0.514. The molecule has 0 saturated heterocycles. The number of alkyl carbamates (subject to hydrolysis) is 1. The number of carbonyl (C=O) groups excluding carboxylic acids is 2. The molecule has 0 fully saturated rings. The lowest BCUT2D eigenvalue weighted by atomic mass is 10.1. The number of aryl methyl sites for hydroxylation is 1. The molecule has 3 aromatic carbocycles. The Kier molecular flexibility index (Phi) is 6.49. The molecule has 34 heavy (non-hydrogen) atoms. The van der Waals surface area contributed by atoms with Crippen molar-refractivity contribution in [2.24, 2.45) is 0 Å². The average Bonchev–Trinajstić information content (AvgIpc) is 2.82. The highest BCUT2D eigenvalue weighted by Crippen LogP contribution is 2.31. The number of rotatable bonds is 6. The van der Waals surface area contributed by atoms with Crippen LogP contribution in [0.3, 0.4) is 0 Å². The maximum Gasteiger partial charge on any atom is 0.408 e. The lowest BCUT2D eigenvalue weighted by Gasteiger charge is -2.16. The van der Waals surface area contributed by atoms with Gasteiger partial charge in [0.25, 0.3) is 0 Å². The summed E-state index contributed by atoms with van der Waals surface area (Å²) in [5.41, 5.74) is 1.64. The van der Waals surface area contributed by atoms with Crippen LogP contribution in [-0.4, -0.2) is 23.2 Å². The van der Waals surface area contributed by atoms with Crippen LogP contribution in [0.1, 0.15) is 24.5 Å². The van der Waals surface area contributed by atoms with Gasteiger partial charge in [0.2, 0.25) is 5.43 Å². The van der Waals surface area contributed by atoms with Gasteiger partial charge in [0.05, 0.1) is 5.39 Å². The Morgan fingerprint density at radius 3 is 2.59 bits per heavy atom. The molecular formula is C26H23NO7. The first-order valence-electron chi connectivity index (χ1n) is 10.8. The molecule has 174 valence electrons. The van der Waals surface area contributed by atoms with Gasteiger partial charge < -0.3 is 24.3 Å². The molecule has 1 atom stereocenters. The van der Waals surface area contributed by atoms with Gasteiger partial charge in [-0.3, -0.25) is 4.79 Å². The fraction of sp³-hybridized carbons (Fsp3) is 0.192. The van der Waals surface area contributed by atoms with Gasteiger partial charge in [0, 0.05) is 12.1 Å². The van der Waals surface area contributed by atoms with Crippen molar-refractivity contribution < 1.29 is 28.6 Å². The number of hydrogen-bond acceptors (Lipinski definition) is 7. The van der Waals surface area contributed by atoms with Crippen LogP contribution in [0.4, 0.5) is 4.79 Å². The fourth-order valence-electron chi connectivity index (χ4n) is 3.58. The number of amides is 1. The van der Waals surface area contributed by atoms with Crippen molar-refractivity contribution in [3.63, 3.8) is 0 Å². The van der Waals surface area contributed by atoms with Crippen LogP contribution < -0.4 is 15.5 Å². The summed E-state index contributed by atoms with van der Waals surface area (Å²) in [5.74, 6) is -1.15. The number of phenols is 1. The molecule has 0 aliphatic carbocycles. The number of esters is 1. The molecule has 0 aliphatic heterocycles. The monoisotopic (exact) mass is 461 g/mol. The standard InChI is InChI=1S/C26H23NO7/c1-3-19(27-26(31)32-14-16-9-5-4-6-10-16)25(30)33-17-12-20(28)22-21(13-17)34-24-15(2)8-7-11-18(24)23(22)29/h4-13,19,28H,3,14H2,1-2H3,(H,27,31)/t19-/m1/s1. The number of para-hydroxylation sites is 1. The van der Waals surface area contributed by atoms with Crippen LogP contribution >= 0.6 is 0 Å². The third kappa shape index (κ3) is 4.71. The Morgan fingerprint density at radius 2 is 1.85 bits per heavy atom. The summed E-state index contributed by atoms with van der Waals surface area (Å²) in [4.78, 5) is 37.6. The van der Waals surface area contributed by atoms with Crippen LogP contribution in [0, 0.1) is 6.92 Å². The smallest absolute Gasteiger partial charge is 0.408 e. The molecule has 0 saturated carbocycles. The van der Waals surface area contributed by atoms with Crippen LogP contribution in [0.25, 0.3) is 21.9 Å². The molecule has 4 rings (SSSR count). The zero-order valence-electron chi connectivity index (χ0n) is 18.7. The van der Waals surface area contributed by atoms with Crippen LogP contribution in [0.5, 0.6) is 11.5 Å². The topological polar surface area (TPSA) is 115 Å². The number of benzene rings is 3. The second kappa shape index (κ2) is 9.66. The number of fused-ring (bicyclic) bond motifs is 2. The van der Waals surface area contributed by atoms with Gasteiger partial charge in [-0.1, -0.05) is 49.4 Å². The Bertz CT molecular complexity index is 1430. The molecule has 1 aromatic heterocycles. The van der Waals surface area contributed by atoms with Crippen LogP contribution in [0.2, 0.25) is 0 Å². The summed E-state index contributed by atoms with van der Waals surface area (Å²) in [6, 6.07) is 15.8. The van der Waals surface area contributed by atoms with Gasteiger partial charge in [-0.05, 0) is 30.5 Å². The molecular weight excluding hydrogens is 438 g/mol. The highest BCUT2D eigenvalue weighted by atomic mass is 16.6. The van der Waals surface area contributed by atoms with Gasteiger partial charge >= 0.3 is 12.1 Å². The summed E-state index contributed by atoms with van der Waals surface area (Å²) in [5, 5.41) is 13.3. The minimum atomic E-state index is -0.980. The van der Waals surface area contributed by atoms with E-state index in [0.29, 0.717) is 11.0 Å². The van der Waals surface area contributed by atoms with Crippen molar-refractivity contribution in [1.29, 1.82) is 0 Å². The predicted molar refractivity (Wildman–Crippen MR) is 126 cm³/mol. The summed E-state index contributed by atoms with van der Waals surface area (Å²) in [6.45, 7) is 3.56. The zero-order valence-corrected chi connectivity index (χ0v) is 18.7. The first kappa shape index (κ1) is 22.8. The van der Waals surface area contributed by atoms with E-state index in [-0.39, 0.29) is 40.9 Å². The fourth-order valence-corrected chi connectivity index (χ4v) is 3.58. The molecule has 0 spiro atoms. The minimum absolute atomic E-state index is 0.00689. The van der Waals surface area contributed by atoms with E-state index in [1.807, 2.05) is 30.3 Å². The van der Waals surface area contributed by atoms with Crippen LogP contribution in [0.15, 0.2) is 69.9 Å². The second-order valence-corrected chi connectivity index (χ2v) is 7.79. The van der Waals surface area contributed by atoms with Crippen molar-refractivity contribution in [3.8, 4) is 11.5 Å². The molecule has 0 aliphatic rings. The molecule has 1 heterocycles. The van der Waals surface area contributed by atoms with Gasteiger partial charge in [-0.15, -0.1) is 0 Å². The Balaban J connectivity index is 1.52. The normalized spacial score (nSPS) is 11.8. The molecule has 0 unspecified atom stereocenters. The van der Waals surface area contributed by atoms with Crippen molar-refractivity contribution in [2.75, 3.05) is 0 Å². The number of ether oxygens (including phenoxy) is 2. The Labute approximate surface area is 194 Å². The molecule has 0 radical (unpaired) electrons. The zero-order chi connectivity index (χ0) is 24.2. The van der Waals surface area contributed by atoms with Gasteiger partial charge in [0.1, 0.15) is 40.7 Å². The second-order valence-electron chi connectivity index (χ2n) is 7.79. The molecule has 8 nitrogen and oxygen atoms in total. The van der Waals surface area contributed by atoms with E-state index in [0.717, 1.165) is 11.1 Å². The highest BCUT2D eigenvalue weighted by molar-refractivity contribution is 5.95. The third-order valence-electron chi connectivity index (χ3n) is 5.37. The van der Waals surface area contributed by atoms with Gasteiger partial charge in [0.15, 0.2) is 0 Å². The number of carbonyl (C=O) groups is 2. The van der Waals surface area contributed by atoms with E-state index in [1.54, 1.807) is 32.0 Å². The maximum atomic E-state index is 12.8. The van der Waals surface area contributed by atoms with E-state index in [1.165, 1.54) is 12.1 Å². The molecule has 2 N–H and O–H groups in total. The number of phenolic OH excluding ortho intramolecular Hbond substituents is 1. The van der Waals surface area contributed by atoms with E-state index in [4.69, 9.17) is 13.9 Å². The Hall–Kier alpha value is -4.33. The van der Waals surface area contributed by atoms with E-state index in [2.05, 4.69) is 5.32 Å². The summed E-state index contributed by atoms with van der Waals surface area (Å²) >= 11 is 0. The Morgan fingerprint density at radius 1 is 1.09 bits per heavy atom. The largest absolute Gasteiger partial charge is 0.507 e. The summed E-state index contributed by atoms with van der Waals surface area (Å²) < 4.78 is 16.4. The van der Waals surface area contributed by atoms with E-state index >= 15 is 0 Å². The van der Waals surface area contributed by atoms with E-state index < -0.39 is 18.1 Å². The van der Waals surface area contributed by atoms with Gasteiger partial charge in [-0.25, -0.2) is 9.59 Å². The first-order valence-corrected chi connectivity index (χ1v) is 10.8. The molecule has 0 bridgehead atoms. The number of nitrogens with one attached hydrogen (secondary N) is 1. The number of aromatic hydroxyl groups is 1. The van der Waals surface area contributed by atoms with Crippen molar-refractivity contribution in [1.82, 2.24) is 5.32 Å². The van der Waals surface area contributed by atoms with Crippen molar-refractivity contribution in [3.05, 3.63) is 82.0 Å². The lowest BCUT2D eigenvalue weighted by Crippen LogP contribution is -2.42. The van der Waals surface area contributed by atoms with Gasteiger partial charge in [-0.2, -0.15) is 0 Å². The third-order valence-corrected chi connectivity index (χ3v) is 5.37. The number of hydrogen-bond donors (Lipinski definition) is 2. The molecule has 8 heteroatoms. The highest BCUT2D eigenvalue weighted by Gasteiger charge is 2.23. The lowest BCUT2D eigenvalue weighted by molar-refractivity contribution is -0.136. The maximum absolute atomic E-state index is 12.8. The minimum Gasteiger partial charge on any atom is -0.507 e. The first-order chi connectivity index (χ1) is 16.4.